The molecule has 2 aromatic carbocycles. The summed E-state index contributed by atoms with van der Waals surface area (Å²) >= 11 is 5.87. The molecule has 0 amide bonds. The number of oxime groups is 1. The van der Waals surface area contributed by atoms with Crippen LogP contribution in [0.2, 0.25) is 5.02 Å². The van der Waals surface area contributed by atoms with Gasteiger partial charge in [0.1, 0.15) is 12.3 Å². The highest BCUT2D eigenvalue weighted by Gasteiger charge is 2.35. The quantitative estimate of drug-likeness (QED) is 0.562. The lowest BCUT2D eigenvalue weighted by molar-refractivity contribution is -0.137. The third-order valence-corrected chi connectivity index (χ3v) is 3.11. The van der Waals surface area contributed by atoms with Gasteiger partial charge < -0.3 is 4.84 Å². The first-order valence-electron chi connectivity index (χ1n) is 6.56. The Bertz CT molecular complexity index is 669. The van der Waals surface area contributed by atoms with Gasteiger partial charge in [-0.1, -0.05) is 47.1 Å². The van der Waals surface area contributed by atoms with Crippen LogP contribution in [0.3, 0.4) is 0 Å². The van der Waals surface area contributed by atoms with Crippen molar-refractivity contribution >= 4 is 17.3 Å². The summed E-state index contributed by atoms with van der Waals surface area (Å²) in [5, 5.41) is 4.05. The number of hydrogen-bond donors (Lipinski definition) is 0. The molecule has 6 heteroatoms. The normalized spacial score (nSPS) is 12.3. The third kappa shape index (κ3) is 3.80. The van der Waals surface area contributed by atoms with E-state index in [4.69, 9.17) is 16.4 Å². The zero-order valence-corrected chi connectivity index (χ0v) is 12.4. The molecule has 0 radical (unpaired) electrons. The molecule has 0 saturated heterocycles. The standard InChI is InChI=1S/C16H13ClF3NO/c1-2-22-21-15(11-6-4-3-5-7-11)13-10-12(17)8-9-14(13)16(18,19)20/h3-10H,2H2,1H3/b21-15+. The van der Waals surface area contributed by atoms with Gasteiger partial charge in [0.05, 0.1) is 5.56 Å². The van der Waals surface area contributed by atoms with Crippen LogP contribution in [-0.4, -0.2) is 12.3 Å². The van der Waals surface area contributed by atoms with E-state index in [1.165, 1.54) is 12.1 Å². The van der Waals surface area contributed by atoms with Crippen molar-refractivity contribution in [2.75, 3.05) is 6.61 Å². The lowest BCUT2D eigenvalue weighted by Gasteiger charge is -2.15. The predicted octanol–water partition coefficient (Wildman–Crippen LogP) is 5.15. The Hall–Kier alpha value is -2.01. The maximum absolute atomic E-state index is 13.2. The number of halogens is 4. The topological polar surface area (TPSA) is 21.6 Å². The van der Waals surface area contributed by atoms with Crippen LogP contribution in [-0.2, 0) is 11.0 Å². The highest BCUT2D eigenvalue weighted by molar-refractivity contribution is 6.31. The summed E-state index contributed by atoms with van der Waals surface area (Å²) in [6.07, 6.45) is -4.51. The van der Waals surface area contributed by atoms with Crippen LogP contribution in [0.5, 0.6) is 0 Å². The van der Waals surface area contributed by atoms with E-state index in [-0.39, 0.29) is 22.9 Å². The molecule has 22 heavy (non-hydrogen) atoms. The summed E-state index contributed by atoms with van der Waals surface area (Å²) in [5.41, 5.74) is -0.306. The second kappa shape index (κ2) is 6.83. The molecule has 0 heterocycles. The Morgan fingerprint density at radius 1 is 1.14 bits per heavy atom. The summed E-state index contributed by atoms with van der Waals surface area (Å²) in [7, 11) is 0. The molecule has 0 unspecified atom stereocenters. The maximum Gasteiger partial charge on any atom is 0.417 e. The van der Waals surface area contributed by atoms with E-state index in [2.05, 4.69) is 5.16 Å². The first-order valence-corrected chi connectivity index (χ1v) is 6.93. The second-order valence-corrected chi connectivity index (χ2v) is 4.85. The predicted molar refractivity (Wildman–Crippen MR) is 80.2 cm³/mol. The van der Waals surface area contributed by atoms with Gasteiger partial charge in [0.2, 0.25) is 0 Å². The molecule has 0 aliphatic heterocycles. The van der Waals surface area contributed by atoms with E-state index < -0.39 is 11.7 Å². The number of benzene rings is 2. The van der Waals surface area contributed by atoms with Gasteiger partial charge in [-0.05, 0) is 25.1 Å². The molecule has 116 valence electrons. The monoisotopic (exact) mass is 327 g/mol. The van der Waals surface area contributed by atoms with Crippen molar-refractivity contribution in [3.63, 3.8) is 0 Å². The van der Waals surface area contributed by atoms with E-state index in [0.29, 0.717) is 5.56 Å². The SMILES string of the molecule is CCO/N=C(\c1ccccc1)c1cc(Cl)ccc1C(F)(F)F. The molecule has 2 aromatic rings. The molecular formula is C16H13ClF3NO. The zero-order chi connectivity index (χ0) is 16.2. The molecule has 0 aliphatic carbocycles. The van der Waals surface area contributed by atoms with Crippen LogP contribution in [0, 0.1) is 0 Å². The minimum absolute atomic E-state index is 0.0947. The zero-order valence-electron chi connectivity index (χ0n) is 11.7. The highest BCUT2D eigenvalue weighted by atomic mass is 35.5. The van der Waals surface area contributed by atoms with Crippen LogP contribution < -0.4 is 0 Å². The first-order chi connectivity index (χ1) is 10.4. The number of alkyl halides is 3. The summed E-state index contributed by atoms with van der Waals surface area (Å²) < 4.78 is 39.7. The fourth-order valence-corrected chi connectivity index (χ4v) is 2.11. The molecule has 0 saturated carbocycles. The molecule has 0 aliphatic rings. The van der Waals surface area contributed by atoms with Crippen molar-refractivity contribution in [1.29, 1.82) is 0 Å². The fourth-order valence-electron chi connectivity index (χ4n) is 1.94. The van der Waals surface area contributed by atoms with Crippen LogP contribution in [0.15, 0.2) is 53.7 Å². The minimum atomic E-state index is -4.51. The van der Waals surface area contributed by atoms with E-state index in [9.17, 15) is 13.2 Å². The molecule has 2 nitrogen and oxygen atoms in total. The van der Waals surface area contributed by atoms with E-state index in [1.807, 2.05) is 0 Å². The van der Waals surface area contributed by atoms with Gasteiger partial charge in [-0.2, -0.15) is 13.2 Å². The summed E-state index contributed by atoms with van der Waals surface area (Å²) in [6.45, 7) is 1.95. The second-order valence-electron chi connectivity index (χ2n) is 4.41. The molecule has 0 bridgehead atoms. The average Bonchev–Trinajstić information content (AvgIpc) is 2.47. The van der Waals surface area contributed by atoms with Crippen molar-refractivity contribution in [1.82, 2.24) is 0 Å². The average molecular weight is 328 g/mol. The fraction of sp³-hybridized carbons (Fsp3) is 0.188. The lowest BCUT2D eigenvalue weighted by Crippen LogP contribution is -2.15. The Labute approximate surface area is 131 Å². The smallest absolute Gasteiger partial charge is 0.396 e. The molecule has 0 spiro atoms. The van der Waals surface area contributed by atoms with Crippen LogP contribution in [0.25, 0.3) is 0 Å². The molecular weight excluding hydrogens is 315 g/mol. The highest BCUT2D eigenvalue weighted by Crippen LogP contribution is 2.34. The van der Waals surface area contributed by atoms with E-state index in [0.717, 1.165) is 6.07 Å². The van der Waals surface area contributed by atoms with Gasteiger partial charge in [-0.15, -0.1) is 0 Å². The molecule has 0 atom stereocenters. The van der Waals surface area contributed by atoms with Crippen molar-refractivity contribution < 1.29 is 18.0 Å². The van der Waals surface area contributed by atoms with Gasteiger partial charge in [-0.3, -0.25) is 0 Å². The van der Waals surface area contributed by atoms with Gasteiger partial charge >= 0.3 is 6.18 Å². The maximum atomic E-state index is 13.2. The summed E-state index contributed by atoms with van der Waals surface area (Å²) in [5.74, 6) is 0. The Morgan fingerprint density at radius 2 is 1.82 bits per heavy atom. The molecule has 0 N–H and O–H groups in total. The van der Waals surface area contributed by atoms with Gasteiger partial charge in [0.25, 0.3) is 0 Å². The first kappa shape index (κ1) is 16.4. The van der Waals surface area contributed by atoms with Gasteiger partial charge in [0, 0.05) is 16.1 Å². The van der Waals surface area contributed by atoms with Crippen molar-refractivity contribution in [2.45, 2.75) is 13.1 Å². The number of nitrogens with zero attached hydrogens (tertiary/aromatic N) is 1. The van der Waals surface area contributed by atoms with E-state index >= 15 is 0 Å². The molecule has 0 fully saturated rings. The van der Waals surface area contributed by atoms with Crippen molar-refractivity contribution in [2.24, 2.45) is 5.16 Å². The van der Waals surface area contributed by atoms with Gasteiger partial charge in [-0.25, -0.2) is 0 Å². The Morgan fingerprint density at radius 3 is 2.41 bits per heavy atom. The minimum Gasteiger partial charge on any atom is -0.396 e. The number of rotatable bonds is 4. The van der Waals surface area contributed by atoms with Crippen LogP contribution >= 0.6 is 11.6 Å². The Balaban J connectivity index is 2.65. The van der Waals surface area contributed by atoms with Crippen molar-refractivity contribution in [3.05, 3.63) is 70.2 Å². The third-order valence-electron chi connectivity index (χ3n) is 2.87. The van der Waals surface area contributed by atoms with E-state index in [1.54, 1.807) is 37.3 Å². The van der Waals surface area contributed by atoms with Crippen LogP contribution in [0.4, 0.5) is 13.2 Å². The molecule has 2 rings (SSSR count). The van der Waals surface area contributed by atoms with Crippen LogP contribution in [0.1, 0.15) is 23.6 Å². The van der Waals surface area contributed by atoms with Crippen molar-refractivity contribution in [3.8, 4) is 0 Å². The van der Waals surface area contributed by atoms with Gasteiger partial charge in [0.15, 0.2) is 0 Å². The summed E-state index contributed by atoms with van der Waals surface area (Å²) in [6, 6.07) is 11.9. The lowest BCUT2D eigenvalue weighted by atomic mass is 9.97. The largest absolute Gasteiger partial charge is 0.417 e. The summed E-state index contributed by atoms with van der Waals surface area (Å²) in [4.78, 5) is 4.99. The number of hydrogen-bond acceptors (Lipinski definition) is 2. The Kier molecular flexibility index (Phi) is 5.08. The molecule has 0 aromatic heterocycles.